The lowest BCUT2D eigenvalue weighted by Crippen LogP contribution is -2.02. The Bertz CT molecular complexity index is 931. The van der Waals surface area contributed by atoms with Gasteiger partial charge in [-0.2, -0.15) is 5.26 Å². The highest BCUT2D eigenvalue weighted by Crippen LogP contribution is 2.34. The smallest absolute Gasteiger partial charge is 0.197 e. The normalized spacial score (nSPS) is 11.6. The predicted molar refractivity (Wildman–Crippen MR) is 101 cm³/mol. The van der Waals surface area contributed by atoms with Crippen LogP contribution in [0.25, 0.3) is 17.1 Å². The molecular weight excluding hydrogens is 348 g/mol. The van der Waals surface area contributed by atoms with E-state index in [1.54, 1.807) is 14.2 Å². The van der Waals surface area contributed by atoms with Crippen molar-refractivity contribution in [1.82, 2.24) is 14.8 Å². The van der Waals surface area contributed by atoms with Crippen molar-refractivity contribution >= 4 is 11.8 Å². The van der Waals surface area contributed by atoms with Crippen LogP contribution in [0.15, 0.2) is 53.7 Å². The lowest BCUT2D eigenvalue weighted by molar-refractivity contribution is 0.414. The van der Waals surface area contributed by atoms with Gasteiger partial charge in [0.25, 0.3) is 0 Å². The number of nitriles is 1. The second kappa shape index (κ2) is 7.93. The molecule has 1 atom stereocenters. The number of benzene rings is 2. The molecule has 0 fully saturated rings. The molecule has 0 aliphatic heterocycles. The van der Waals surface area contributed by atoms with Crippen molar-refractivity contribution in [3.8, 4) is 34.6 Å². The molecule has 3 rings (SSSR count). The largest absolute Gasteiger partial charge is 0.497 e. The van der Waals surface area contributed by atoms with E-state index < -0.39 is 0 Å². The molecule has 0 amide bonds. The maximum absolute atomic E-state index is 9.17. The molecule has 0 saturated heterocycles. The van der Waals surface area contributed by atoms with E-state index in [1.165, 1.54) is 11.8 Å². The van der Waals surface area contributed by atoms with E-state index in [4.69, 9.17) is 14.7 Å². The van der Waals surface area contributed by atoms with Gasteiger partial charge in [-0.15, -0.1) is 10.2 Å². The fraction of sp³-hybridized carbons (Fsp3) is 0.211. The molecule has 26 heavy (non-hydrogen) atoms. The first kappa shape index (κ1) is 17.8. The van der Waals surface area contributed by atoms with Crippen molar-refractivity contribution in [3.63, 3.8) is 0 Å². The first-order chi connectivity index (χ1) is 12.7. The SMILES string of the molecule is COc1ccc(-n2c(SC(C)C#N)nnc2-c2ccccc2OC)cc1. The van der Waals surface area contributed by atoms with Crippen LogP contribution in [0.4, 0.5) is 0 Å². The minimum atomic E-state index is -0.248. The van der Waals surface area contributed by atoms with Crippen LogP contribution in [-0.2, 0) is 0 Å². The Balaban J connectivity index is 2.17. The molecule has 0 N–H and O–H groups in total. The van der Waals surface area contributed by atoms with Gasteiger partial charge in [-0.25, -0.2) is 0 Å². The lowest BCUT2D eigenvalue weighted by Gasteiger charge is -2.13. The number of para-hydroxylation sites is 1. The summed E-state index contributed by atoms with van der Waals surface area (Å²) in [5.74, 6) is 2.13. The van der Waals surface area contributed by atoms with Crippen LogP contribution in [0.2, 0.25) is 0 Å². The molecule has 3 aromatic rings. The Morgan fingerprint density at radius 3 is 2.42 bits per heavy atom. The first-order valence-electron chi connectivity index (χ1n) is 7.97. The maximum Gasteiger partial charge on any atom is 0.197 e. The molecular formula is C19H18N4O2S. The summed E-state index contributed by atoms with van der Waals surface area (Å²) in [5.41, 5.74) is 1.71. The van der Waals surface area contributed by atoms with Gasteiger partial charge in [0.2, 0.25) is 0 Å². The number of aromatic nitrogens is 3. The van der Waals surface area contributed by atoms with Gasteiger partial charge in [0.05, 0.1) is 36.8 Å². The summed E-state index contributed by atoms with van der Waals surface area (Å²) in [4.78, 5) is 0. The molecule has 0 aliphatic carbocycles. The van der Waals surface area contributed by atoms with Gasteiger partial charge in [-0.05, 0) is 43.3 Å². The summed E-state index contributed by atoms with van der Waals surface area (Å²) in [7, 11) is 3.25. The molecule has 1 aromatic heterocycles. The Labute approximate surface area is 156 Å². The number of hydrogen-bond donors (Lipinski definition) is 0. The third-order valence-electron chi connectivity index (χ3n) is 3.78. The third-order valence-corrected chi connectivity index (χ3v) is 4.71. The van der Waals surface area contributed by atoms with Crippen LogP contribution in [-0.4, -0.2) is 34.2 Å². The predicted octanol–water partition coefficient (Wildman–Crippen LogP) is 3.96. The highest BCUT2D eigenvalue weighted by molar-refractivity contribution is 8.00. The highest BCUT2D eigenvalue weighted by atomic mass is 32.2. The number of ether oxygens (including phenoxy) is 2. The molecule has 7 heteroatoms. The van der Waals surface area contributed by atoms with Crippen molar-refractivity contribution in [2.75, 3.05) is 14.2 Å². The van der Waals surface area contributed by atoms with E-state index >= 15 is 0 Å². The zero-order valence-corrected chi connectivity index (χ0v) is 15.5. The quantitative estimate of drug-likeness (QED) is 0.615. The Kier molecular flexibility index (Phi) is 5.44. The summed E-state index contributed by atoms with van der Waals surface area (Å²) in [6.45, 7) is 1.83. The zero-order valence-electron chi connectivity index (χ0n) is 14.7. The Morgan fingerprint density at radius 2 is 1.77 bits per heavy atom. The molecule has 0 bridgehead atoms. The van der Waals surface area contributed by atoms with Gasteiger partial charge >= 0.3 is 0 Å². The minimum absolute atomic E-state index is 0.248. The first-order valence-corrected chi connectivity index (χ1v) is 8.85. The number of rotatable bonds is 6. The summed E-state index contributed by atoms with van der Waals surface area (Å²) >= 11 is 1.36. The monoisotopic (exact) mass is 366 g/mol. The van der Waals surface area contributed by atoms with Crippen LogP contribution in [0.1, 0.15) is 6.92 Å². The molecule has 132 valence electrons. The summed E-state index contributed by atoms with van der Waals surface area (Å²) < 4.78 is 12.6. The van der Waals surface area contributed by atoms with Crippen LogP contribution in [0, 0.1) is 11.3 Å². The topological polar surface area (TPSA) is 73.0 Å². The number of methoxy groups -OCH3 is 2. The van der Waals surface area contributed by atoms with Crippen LogP contribution in [0.3, 0.4) is 0 Å². The van der Waals surface area contributed by atoms with E-state index in [9.17, 15) is 0 Å². The fourth-order valence-electron chi connectivity index (χ4n) is 2.50. The molecule has 6 nitrogen and oxygen atoms in total. The molecule has 1 unspecified atom stereocenters. The van der Waals surface area contributed by atoms with Crippen molar-refractivity contribution < 1.29 is 9.47 Å². The van der Waals surface area contributed by atoms with Crippen molar-refractivity contribution in [3.05, 3.63) is 48.5 Å². The fourth-order valence-corrected chi connectivity index (χ4v) is 3.25. The van der Waals surface area contributed by atoms with Gasteiger partial charge in [0.15, 0.2) is 11.0 Å². The number of hydrogen-bond acceptors (Lipinski definition) is 6. The summed E-state index contributed by atoms with van der Waals surface area (Å²) in [5, 5.41) is 18.2. The van der Waals surface area contributed by atoms with E-state index in [1.807, 2.05) is 60.0 Å². The average Bonchev–Trinajstić information content (AvgIpc) is 3.11. The summed E-state index contributed by atoms with van der Waals surface area (Å²) in [6, 6.07) is 17.5. The summed E-state index contributed by atoms with van der Waals surface area (Å²) in [6.07, 6.45) is 0. The van der Waals surface area contributed by atoms with Gasteiger partial charge in [0, 0.05) is 0 Å². The van der Waals surface area contributed by atoms with Gasteiger partial charge < -0.3 is 9.47 Å². The molecule has 0 radical (unpaired) electrons. The Hall–Kier alpha value is -2.98. The zero-order chi connectivity index (χ0) is 18.5. The van der Waals surface area contributed by atoms with Gasteiger partial charge in [-0.3, -0.25) is 4.57 Å². The molecule has 2 aromatic carbocycles. The molecule has 0 aliphatic rings. The average molecular weight is 366 g/mol. The number of thioether (sulfide) groups is 1. The second-order valence-electron chi connectivity index (χ2n) is 5.43. The molecule has 1 heterocycles. The Morgan fingerprint density at radius 1 is 1.04 bits per heavy atom. The standard InChI is InChI=1S/C19H18N4O2S/c1-13(12-20)26-19-22-21-18(16-6-4-5-7-17(16)25-3)23(19)14-8-10-15(24-2)11-9-14/h4-11,13H,1-3H3. The minimum Gasteiger partial charge on any atom is -0.497 e. The van der Waals surface area contributed by atoms with E-state index in [-0.39, 0.29) is 5.25 Å². The van der Waals surface area contributed by atoms with Crippen LogP contribution >= 0.6 is 11.8 Å². The highest BCUT2D eigenvalue weighted by Gasteiger charge is 2.20. The molecule has 0 spiro atoms. The van der Waals surface area contributed by atoms with E-state index in [2.05, 4.69) is 16.3 Å². The van der Waals surface area contributed by atoms with Crippen molar-refractivity contribution in [2.24, 2.45) is 0 Å². The second-order valence-corrected chi connectivity index (χ2v) is 6.74. The van der Waals surface area contributed by atoms with Gasteiger partial charge in [-0.1, -0.05) is 23.9 Å². The third kappa shape index (κ3) is 3.51. The van der Waals surface area contributed by atoms with Crippen LogP contribution in [0.5, 0.6) is 11.5 Å². The number of nitrogens with zero attached hydrogens (tertiary/aromatic N) is 4. The molecule has 0 saturated carbocycles. The van der Waals surface area contributed by atoms with E-state index in [0.717, 1.165) is 17.0 Å². The van der Waals surface area contributed by atoms with Gasteiger partial charge in [0.1, 0.15) is 11.5 Å². The van der Waals surface area contributed by atoms with E-state index in [0.29, 0.717) is 16.7 Å². The van der Waals surface area contributed by atoms with Crippen LogP contribution < -0.4 is 9.47 Å². The van der Waals surface area contributed by atoms with Crippen molar-refractivity contribution in [2.45, 2.75) is 17.3 Å². The van der Waals surface area contributed by atoms with Crippen molar-refractivity contribution in [1.29, 1.82) is 5.26 Å². The maximum atomic E-state index is 9.17. The lowest BCUT2D eigenvalue weighted by atomic mass is 10.2.